The summed E-state index contributed by atoms with van der Waals surface area (Å²) in [6, 6.07) is 20.4. The number of urea groups is 1. The molecule has 0 aliphatic heterocycles. The van der Waals surface area contributed by atoms with Gasteiger partial charge in [-0.1, -0.05) is 81.2 Å². The highest BCUT2D eigenvalue weighted by atomic mass is 79.9. The second-order valence-corrected chi connectivity index (χ2v) is 10.1. The van der Waals surface area contributed by atoms with Crippen molar-refractivity contribution in [3.8, 4) is 5.69 Å². The number of hydrogen-bond acceptors (Lipinski definition) is 4. The summed E-state index contributed by atoms with van der Waals surface area (Å²) < 4.78 is 2.70. The van der Waals surface area contributed by atoms with Crippen LogP contribution in [0.15, 0.2) is 76.4 Å². The number of carbonyl (C=O) groups is 1. The molecule has 3 aromatic carbocycles. The maximum atomic E-state index is 12.5. The average molecular weight is 577 g/mol. The van der Waals surface area contributed by atoms with E-state index in [0.717, 1.165) is 4.47 Å². The van der Waals surface area contributed by atoms with Crippen molar-refractivity contribution < 1.29 is 4.79 Å². The van der Waals surface area contributed by atoms with Crippen LogP contribution in [0, 0.1) is 6.92 Å². The molecule has 10 heteroatoms. The Morgan fingerprint density at radius 3 is 2.68 bits per heavy atom. The molecule has 34 heavy (non-hydrogen) atoms. The number of aromatic nitrogens is 3. The van der Waals surface area contributed by atoms with Crippen molar-refractivity contribution in [2.75, 3.05) is 5.32 Å². The fourth-order valence-electron chi connectivity index (χ4n) is 3.22. The van der Waals surface area contributed by atoms with Crippen molar-refractivity contribution in [2.45, 2.75) is 24.4 Å². The van der Waals surface area contributed by atoms with Gasteiger partial charge < -0.3 is 10.6 Å². The topological polar surface area (TPSA) is 71.8 Å². The summed E-state index contributed by atoms with van der Waals surface area (Å²) in [7, 11) is 0. The Bertz CT molecular complexity index is 1330. The Morgan fingerprint density at radius 2 is 1.88 bits per heavy atom. The Hall–Kier alpha value is -2.52. The molecule has 0 aliphatic carbocycles. The Morgan fingerprint density at radius 1 is 1.06 bits per heavy atom. The lowest BCUT2D eigenvalue weighted by Crippen LogP contribution is -2.29. The van der Waals surface area contributed by atoms with E-state index in [9.17, 15) is 4.79 Å². The van der Waals surface area contributed by atoms with Gasteiger partial charge in [0.1, 0.15) is 0 Å². The fraction of sp³-hybridized carbons (Fsp3) is 0.125. The van der Waals surface area contributed by atoms with Crippen molar-refractivity contribution in [2.24, 2.45) is 0 Å². The summed E-state index contributed by atoms with van der Waals surface area (Å²) in [5, 5.41) is 16.0. The van der Waals surface area contributed by atoms with Crippen molar-refractivity contribution in [1.82, 2.24) is 20.1 Å². The molecule has 2 N–H and O–H groups in total. The molecule has 2 amide bonds. The first kappa shape index (κ1) is 24.6. The van der Waals surface area contributed by atoms with Crippen LogP contribution in [-0.2, 0) is 12.3 Å². The van der Waals surface area contributed by atoms with E-state index < -0.39 is 0 Å². The Balaban J connectivity index is 1.57. The van der Waals surface area contributed by atoms with Gasteiger partial charge in [-0.2, -0.15) is 0 Å². The van der Waals surface area contributed by atoms with Crippen molar-refractivity contribution in [3.05, 3.63) is 98.2 Å². The van der Waals surface area contributed by atoms with Gasteiger partial charge in [-0.05, 0) is 54.4 Å². The minimum atomic E-state index is -0.362. The highest BCUT2D eigenvalue weighted by Gasteiger charge is 2.18. The first-order valence-corrected chi connectivity index (χ1v) is 12.8. The largest absolute Gasteiger partial charge is 0.331 e. The first-order chi connectivity index (χ1) is 16.4. The Labute approximate surface area is 220 Å². The lowest BCUT2D eigenvalue weighted by atomic mass is 10.1. The van der Waals surface area contributed by atoms with Crippen molar-refractivity contribution >= 4 is 62.6 Å². The van der Waals surface area contributed by atoms with E-state index in [1.54, 1.807) is 24.3 Å². The fourth-order valence-corrected chi connectivity index (χ4v) is 5.03. The molecule has 0 atom stereocenters. The van der Waals surface area contributed by atoms with Crippen LogP contribution < -0.4 is 10.6 Å². The summed E-state index contributed by atoms with van der Waals surface area (Å²) in [5.41, 5.74) is 3.72. The molecule has 174 valence electrons. The third kappa shape index (κ3) is 6.13. The van der Waals surface area contributed by atoms with Crippen molar-refractivity contribution in [1.29, 1.82) is 0 Å². The molecular weight excluding hydrogens is 557 g/mol. The van der Waals surface area contributed by atoms with Crippen LogP contribution in [0.3, 0.4) is 0 Å². The predicted octanol–water partition coefficient (Wildman–Crippen LogP) is 7.26. The van der Waals surface area contributed by atoms with Crippen LogP contribution in [-0.4, -0.2) is 20.8 Å². The van der Waals surface area contributed by atoms with Crippen molar-refractivity contribution in [3.63, 3.8) is 0 Å². The molecule has 0 saturated heterocycles. The number of halogens is 3. The first-order valence-electron chi connectivity index (χ1n) is 10.3. The number of nitrogens with zero attached hydrogens (tertiary/aromatic N) is 3. The van der Waals surface area contributed by atoms with Gasteiger partial charge in [0.2, 0.25) is 0 Å². The molecule has 0 saturated carbocycles. The molecule has 0 unspecified atom stereocenters. The summed E-state index contributed by atoms with van der Waals surface area (Å²) in [4.78, 5) is 12.5. The van der Waals surface area contributed by atoms with Gasteiger partial charge in [0.25, 0.3) is 0 Å². The minimum absolute atomic E-state index is 0.139. The zero-order valence-electron chi connectivity index (χ0n) is 18.1. The number of anilines is 1. The maximum absolute atomic E-state index is 12.5. The standard InChI is InChI=1S/C24H20BrCl2N5OS/c1-15-5-2-3-6-16(15)14-34-24-31-30-22(32(24)21-12-18(26)9-10-20(21)27)13-28-23(33)29-19-8-4-7-17(25)11-19/h2-12H,13-14H2,1H3,(H2,28,29,33). The van der Waals surface area contributed by atoms with Crippen LogP contribution in [0.4, 0.5) is 10.5 Å². The second-order valence-electron chi connectivity index (χ2n) is 7.36. The zero-order chi connectivity index (χ0) is 24.1. The van der Waals surface area contributed by atoms with Gasteiger partial charge in [0.05, 0.1) is 17.3 Å². The molecule has 1 heterocycles. The van der Waals surface area contributed by atoms with Gasteiger partial charge in [-0.15, -0.1) is 10.2 Å². The molecular formula is C24H20BrCl2N5OS. The maximum Gasteiger partial charge on any atom is 0.319 e. The normalized spacial score (nSPS) is 10.8. The highest BCUT2D eigenvalue weighted by molar-refractivity contribution is 9.10. The number of carbonyl (C=O) groups excluding carboxylic acids is 1. The average Bonchev–Trinajstić information content (AvgIpc) is 3.21. The number of amides is 2. The monoisotopic (exact) mass is 575 g/mol. The number of hydrogen-bond donors (Lipinski definition) is 2. The van der Waals surface area contributed by atoms with E-state index in [1.165, 1.54) is 22.9 Å². The molecule has 1 aromatic heterocycles. The van der Waals surface area contributed by atoms with Crippen LogP contribution in [0.5, 0.6) is 0 Å². The smallest absolute Gasteiger partial charge is 0.319 e. The SMILES string of the molecule is Cc1ccccc1CSc1nnc(CNC(=O)Nc2cccc(Br)c2)n1-c1cc(Cl)ccc1Cl. The van der Waals surface area contributed by atoms with E-state index in [1.807, 2.05) is 34.9 Å². The number of aryl methyl sites for hydroxylation is 1. The summed E-state index contributed by atoms with van der Waals surface area (Å²) in [6.45, 7) is 2.22. The van der Waals surface area contributed by atoms with Crippen LogP contribution in [0.1, 0.15) is 17.0 Å². The molecule has 0 radical (unpaired) electrons. The number of nitrogens with one attached hydrogen (secondary N) is 2. The van der Waals surface area contributed by atoms with Crippen LogP contribution in [0.2, 0.25) is 10.0 Å². The van der Waals surface area contributed by atoms with Gasteiger partial charge in [0.15, 0.2) is 11.0 Å². The number of thioether (sulfide) groups is 1. The van der Waals surface area contributed by atoms with Gasteiger partial charge >= 0.3 is 6.03 Å². The third-order valence-electron chi connectivity index (χ3n) is 4.96. The molecule has 4 aromatic rings. The quantitative estimate of drug-likeness (QED) is 0.227. The lowest BCUT2D eigenvalue weighted by Gasteiger charge is -2.13. The summed E-state index contributed by atoms with van der Waals surface area (Å²) in [5.74, 6) is 1.24. The molecule has 0 fully saturated rings. The molecule has 4 rings (SSSR count). The predicted molar refractivity (Wildman–Crippen MR) is 142 cm³/mol. The minimum Gasteiger partial charge on any atom is -0.331 e. The molecule has 0 spiro atoms. The zero-order valence-corrected chi connectivity index (χ0v) is 22.0. The molecule has 6 nitrogen and oxygen atoms in total. The number of rotatable bonds is 7. The van der Waals surface area contributed by atoms with Crippen LogP contribution >= 0.6 is 50.9 Å². The number of benzene rings is 3. The van der Waals surface area contributed by atoms with E-state index in [4.69, 9.17) is 23.2 Å². The third-order valence-corrected chi connectivity index (χ3v) is 6.98. The van der Waals surface area contributed by atoms with Gasteiger partial charge in [-0.25, -0.2) is 4.79 Å². The van der Waals surface area contributed by atoms with Gasteiger partial charge in [0, 0.05) is 20.9 Å². The summed E-state index contributed by atoms with van der Waals surface area (Å²) in [6.07, 6.45) is 0. The summed E-state index contributed by atoms with van der Waals surface area (Å²) >= 11 is 17.7. The van der Waals surface area contributed by atoms with E-state index in [2.05, 4.69) is 55.8 Å². The van der Waals surface area contributed by atoms with Crippen LogP contribution in [0.25, 0.3) is 5.69 Å². The van der Waals surface area contributed by atoms with E-state index in [0.29, 0.717) is 38.2 Å². The van der Waals surface area contributed by atoms with E-state index >= 15 is 0 Å². The second kappa shape index (κ2) is 11.3. The van der Waals surface area contributed by atoms with E-state index in [-0.39, 0.29) is 12.6 Å². The molecule has 0 bridgehead atoms. The molecule has 0 aliphatic rings. The Kier molecular flexibility index (Phi) is 8.15. The lowest BCUT2D eigenvalue weighted by molar-refractivity contribution is 0.251. The highest BCUT2D eigenvalue weighted by Crippen LogP contribution is 2.31. The van der Waals surface area contributed by atoms with Gasteiger partial charge in [-0.3, -0.25) is 4.57 Å².